The van der Waals surface area contributed by atoms with Gasteiger partial charge in [0, 0.05) is 46.2 Å². The van der Waals surface area contributed by atoms with Crippen molar-refractivity contribution in [3.63, 3.8) is 0 Å². The number of thioether (sulfide) groups is 1. The molecule has 5 nitrogen and oxygen atoms in total. The normalized spacial score (nSPS) is 14.9. The van der Waals surface area contributed by atoms with E-state index in [0.717, 1.165) is 38.6 Å². The molecule has 2 heterocycles. The molecule has 0 radical (unpaired) electrons. The fourth-order valence-corrected chi connectivity index (χ4v) is 6.30. The van der Waals surface area contributed by atoms with Gasteiger partial charge in [-0.15, -0.1) is 0 Å². The molecule has 7 heteroatoms. The number of pyridine rings is 1. The Bertz CT molecular complexity index is 1540. The van der Waals surface area contributed by atoms with Gasteiger partial charge in [-0.25, -0.2) is 8.42 Å². The second-order valence-electron chi connectivity index (χ2n) is 8.55. The summed E-state index contributed by atoms with van der Waals surface area (Å²) in [7, 11) is -4.26. The Hall–Kier alpha value is -2.87. The molecule has 0 saturated carbocycles. The van der Waals surface area contributed by atoms with Gasteiger partial charge in [0.2, 0.25) is 11.2 Å². The minimum Gasteiger partial charge on any atom is -0.748 e. The van der Waals surface area contributed by atoms with Gasteiger partial charge in [0.15, 0.2) is 0 Å². The van der Waals surface area contributed by atoms with Gasteiger partial charge in [0.25, 0.3) is 0 Å². The Morgan fingerprint density at radius 2 is 1.82 bits per heavy atom. The first-order valence-corrected chi connectivity index (χ1v) is 13.8. The summed E-state index contributed by atoms with van der Waals surface area (Å²) in [6.45, 7) is 5.53. The minimum absolute atomic E-state index is 0.275. The molecule has 174 valence electrons. The van der Waals surface area contributed by atoms with E-state index in [-0.39, 0.29) is 12.2 Å². The summed E-state index contributed by atoms with van der Waals surface area (Å²) < 4.78 is 36.1. The van der Waals surface area contributed by atoms with Crippen LogP contribution >= 0.6 is 11.8 Å². The molecule has 0 fully saturated rings. The SMILES string of the molecule is CC[n+]1c(/C=C2\Sc3ccc4ccccc4c3N2CCCS(=O)(=O)[O-])ccc2cc(C)ccc21. The van der Waals surface area contributed by atoms with E-state index >= 15 is 0 Å². The molecule has 0 unspecified atom stereocenters. The smallest absolute Gasteiger partial charge is 0.212 e. The molecule has 34 heavy (non-hydrogen) atoms. The van der Waals surface area contributed by atoms with Gasteiger partial charge in [0.05, 0.1) is 20.8 Å². The van der Waals surface area contributed by atoms with Crippen LogP contribution in [-0.2, 0) is 16.7 Å². The van der Waals surface area contributed by atoms with Crippen LogP contribution in [-0.4, -0.2) is 25.3 Å². The molecule has 4 aromatic rings. The van der Waals surface area contributed by atoms with E-state index in [1.165, 1.54) is 16.5 Å². The van der Waals surface area contributed by atoms with Crippen LogP contribution < -0.4 is 9.47 Å². The molecular weight excluding hydrogens is 464 g/mol. The second kappa shape index (κ2) is 9.06. The minimum atomic E-state index is -4.26. The zero-order chi connectivity index (χ0) is 23.9. The van der Waals surface area contributed by atoms with Gasteiger partial charge in [-0.1, -0.05) is 53.7 Å². The fraction of sp³-hybridized carbons (Fsp3) is 0.222. The van der Waals surface area contributed by atoms with Crippen molar-refractivity contribution in [3.8, 4) is 0 Å². The molecule has 0 spiro atoms. The summed E-state index contributed by atoms with van der Waals surface area (Å²) in [5.41, 5.74) is 4.57. The summed E-state index contributed by atoms with van der Waals surface area (Å²) in [5.74, 6) is -0.369. The number of aromatic nitrogens is 1. The summed E-state index contributed by atoms with van der Waals surface area (Å²) >= 11 is 1.69. The molecule has 5 rings (SSSR count). The van der Waals surface area contributed by atoms with Crippen LogP contribution in [0.5, 0.6) is 0 Å². The third-order valence-corrected chi connectivity index (χ3v) is 8.08. The highest BCUT2D eigenvalue weighted by molar-refractivity contribution is 8.04. The zero-order valence-electron chi connectivity index (χ0n) is 19.2. The molecular formula is C27H26N2O3S2. The number of aryl methyl sites for hydroxylation is 2. The average Bonchev–Trinajstić information content (AvgIpc) is 3.15. The topological polar surface area (TPSA) is 64.3 Å². The summed E-state index contributed by atoms with van der Waals surface area (Å²) in [6.07, 6.45) is 2.45. The first-order valence-electron chi connectivity index (χ1n) is 11.4. The highest BCUT2D eigenvalue weighted by atomic mass is 32.2. The third kappa shape index (κ3) is 4.43. The van der Waals surface area contributed by atoms with E-state index in [4.69, 9.17) is 0 Å². The monoisotopic (exact) mass is 490 g/mol. The third-order valence-electron chi connectivity index (χ3n) is 6.20. The molecule has 1 aliphatic heterocycles. The van der Waals surface area contributed by atoms with E-state index in [9.17, 15) is 13.0 Å². The lowest BCUT2D eigenvalue weighted by molar-refractivity contribution is -0.669. The number of nitrogens with zero attached hydrogens (tertiary/aromatic N) is 2. The van der Waals surface area contributed by atoms with Gasteiger partial charge < -0.3 is 9.45 Å². The van der Waals surface area contributed by atoms with E-state index in [1.54, 1.807) is 11.8 Å². The van der Waals surface area contributed by atoms with E-state index in [2.05, 4.69) is 84.0 Å². The lowest BCUT2D eigenvalue weighted by atomic mass is 10.1. The van der Waals surface area contributed by atoms with Crippen LogP contribution in [0.1, 0.15) is 24.6 Å². The van der Waals surface area contributed by atoms with Crippen LogP contribution in [0, 0.1) is 6.92 Å². The fourth-order valence-electron chi connectivity index (χ4n) is 4.67. The van der Waals surface area contributed by atoms with E-state index in [0.29, 0.717) is 6.54 Å². The second-order valence-corrected chi connectivity index (χ2v) is 11.1. The lowest BCUT2D eigenvalue weighted by Crippen LogP contribution is -2.37. The van der Waals surface area contributed by atoms with Crippen molar-refractivity contribution in [2.45, 2.75) is 31.7 Å². The molecule has 0 aliphatic carbocycles. The quantitative estimate of drug-likeness (QED) is 0.265. The van der Waals surface area contributed by atoms with E-state index < -0.39 is 10.1 Å². The maximum atomic E-state index is 11.3. The van der Waals surface area contributed by atoms with Crippen molar-refractivity contribution in [3.05, 3.63) is 83.0 Å². The molecule has 3 aromatic carbocycles. The molecule has 0 bridgehead atoms. The first kappa shape index (κ1) is 22.9. The molecule has 0 N–H and O–H groups in total. The standard InChI is InChI=1S/C27H26N2O3S2/c1-3-28-22(12-10-21-17-19(2)9-13-24(21)28)18-26-29(15-6-16-34(30,31)32)27-23-8-5-4-7-20(23)11-14-25(27)33-26/h4-5,7-14,17-18H,3,6,15-16H2,1-2H3. The first-order chi connectivity index (χ1) is 16.3. The predicted molar refractivity (Wildman–Crippen MR) is 139 cm³/mol. The maximum Gasteiger partial charge on any atom is 0.212 e. The zero-order valence-corrected chi connectivity index (χ0v) is 20.8. The van der Waals surface area contributed by atoms with Crippen molar-refractivity contribution < 1.29 is 17.5 Å². The van der Waals surface area contributed by atoms with Crippen molar-refractivity contribution in [2.75, 3.05) is 17.2 Å². The average molecular weight is 491 g/mol. The molecule has 0 amide bonds. The van der Waals surface area contributed by atoms with Gasteiger partial charge in [-0.2, -0.15) is 4.57 Å². The highest BCUT2D eigenvalue weighted by Gasteiger charge is 2.28. The largest absolute Gasteiger partial charge is 0.748 e. The Morgan fingerprint density at radius 3 is 2.62 bits per heavy atom. The summed E-state index contributed by atoms with van der Waals surface area (Å²) in [5, 5.41) is 4.49. The van der Waals surface area contributed by atoms with Gasteiger partial charge in [-0.05, 0) is 43.9 Å². The van der Waals surface area contributed by atoms with Crippen molar-refractivity contribution in [1.82, 2.24) is 0 Å². The van der Waals surface area contributed by atoms with Crippen LogP contribution in [0.15, 0.2) is 76.7 Å². The maximum absolute atomic E-state index is 11.3. The van der Waals surface area contributed by atoms with Crippen LogP contribution in [0.4, 0.5) is 5.69 Å². The summed E-state index contributed by atoms with van der Waals surface area (Å²) in [6, 6.07) is 23.2. The molecule has 0 atom stereocenters. The number of fused-ring (bicyclic) bond motifs is 4. The number of rotatable bonds is 6. The Balaban J connectivity index is 1.62. The van der Waals surface area contributed by atoms with Crippen molar-refractivity contribution >= 4 is 55.3 Å². The van der Waals surface area contributed by atoms with Crippen molar-refractivity contribution in [1.29, 1.82) is 0 Å². The van der Waals surface area contributed by atoms with Crippen LogP contribution in [0.2, 0.25) is 0 Å². The van der Waals surface area contributed by atoms with Crippen molar-refractivity contribution in [2.24, 2.45) is 0 Å². The summed E-state index contributed by atoms with van der Waals surface area (Å²) in [4.78, 5) is 3.31. The number of anilines is 1. The molecule has 0 saturated heterocycles. The highest BCUT2D eigenvalue weighted by Crippen LogP contribution is 2.50. The molecule has 1 aliphatic rings. The Kier molecular flexibility index (Phi) is 6.10. The number of hydrogen-bond acceptors (Lipinski definition) is 5. The molecule has 1 aromatic heterocycles. The van der Waals surface area contributed by atoms with E-state index in [1.807, 2.05) is 12.1 Å². The Morgan fingerprint density at radius 1 is 1.03 bits per heavy atom. The van der Waals surface area contributed by atoms with Gasteiger partial charge in [0.1, 0.15) is 6.54 Å². The lowest BCUT2D eigenvalue weighted by Gasteiger charge is -2.22. The van der Waals surface area contributed by atoms with Gasteiger partial charge >= 0.3 is 0 Å². The predicted octanol–water partition coefficient (Wildman–Crippen LogP) is 5.45. The van der Waals surface area contributed by atoms with Crippen LogP contribution in [0.25, 0.3) is 27.8 Å². The van der Waals surface area contributed by atoms with Gasteiger partial charge in [-0.3, -0.25) is 0 Å². The van der Waals surface area contributed by atoms with Crippen LogP contribution in [0.3, 0.4) is 0 Å². The Labute approximate surface area is 204 Å². The number of benzene rings is 3. The number of hydrogen-bond donors (Lipinski definition) is 0.